The van der Waals surface area contributed by atoms with Crippen molar-refractivity contribution >= 4 is 11.1 Å². The van der Waals surface area contributed by atoms with E-state index in [4.69, 9.17) is 13.9 Å². The predicted molar refractivity (Wildman–Crippen MR) is 192 cm³/mol. The van der Waals surface area contributed by atoms with Gasteiger partial charge in [0.15, 0.2) is 11.5 Å². The summed E-state index contributed by atoms with van der Waals surface area (Å²) in [4.78, 5) is 0. The van der Waals surface area contributed by atoms with Gasteiger partial charge in [-0.15, -0.1) is 0 Å². The second-order valence-corrected chi connectivity index (χ2v) is 13.0. The summed E-state index contributed by atoms with van der Waals surface area (Å²) in [5.41, 5.74) is 5.02. The molecule has 3 nitrogen and oxygen atoms in total. The molecular weight excluding hydrogens is 540 g/mol. The molecule has 0 fully saturated rings. The molecule has 44 heavy (non-hydrogen) atoms. The fraction of sp³-hybridized carbons (Fsp3) is 0.659. The number of furan rings is 1. The van der Waals surface area contributed by atoms with Crippen molar-refractivity contribution in [3.05, 3.63) is 59.1 Å². The maximum Gasteiger partial charge on any atom is 0.161 e. The molecule has 0 amide bonds. The first-order valence-corrected chi connectivity index (χ1v) is 18.2. The molecule has 0 saturated heterocycles. The summed E-state index contributed by atoms with van der Waals surface area (Å²) in [6, 6.07) is 8.57. The van der Waals surface area contributed by atoms with Gasteiger partial charge in [0.2, 0.25) is 0 Å². The van der Waals surface area contributed by atoms with Crippen LogP contribution in [-0.2, 0) is 0 Å². The van der Waals surface area contributed by atoms with Gasteiger partial charge in [0.1, 0.15) is 11.5 Å². The minimum absolute atomic E-state index is 0.742. The van der Waals surface area contributed by atoms with Crippen LogP contribution in [0.25, 0.3) is 11.1 Å². The Morgan fingerprint density at radius 2 is 1.48 bits per heavy atom. The number of methoxy groups -OCH3 is 1. The highest BCUT2D eigenvalue weighted by atomic mass is 16.5. The zero-order valence-corrected chi connectivity index (χ0v) is 29.7. The fourth-order valence-corrected chi connectivity index (χ4v) is 6.09. The van der Waals surface area contributed by atoms with Gasteiger partial charge in [0.25, 0.3) is 0 Å². The second-order valence-electron chi connectivity index (χ2n) is 13.0. The highest BCUT2D eigenvalue weighted by Crippen LogP contribution is 2.37. The van der Waals surface area contributed by atoms with Crippen LogP contribution >= 0.6 is 0 Å². The average molecular weight is 607 g/mol. The molecular formula is C41H66O3. The number of rotatable bonds is 25. The average Bonchev–Trinajstić information content (AvgIpc) is 3.45. The summed E-state index contributed by atoms with van der Waals surface area (Å²) in [5.74, 6) is 4.42. The van der Waals surface area contributed by atoms with Gasteiger partial charge in [0.05, 0.1) is 13.7 Å². The van der Waals surface area contributed by atoms with Gasteiger partial charge in [-0.05, 0) is 92.5 Å². The smallest absolute Gasteiger partial charge is 0.161 e. The lowest BCUT2D eigenvalue weighted by Crippen LogP contribution is -2.02. The summed E-state index contributed by atoms with van der Waals surface area (Å²) < 4.78 is 18.3. The first-order chi connectivity index (χ1) is 21.4. The van der Waals surface area contributed by atoms with Gasteiger partial charge in [-0.2, -0.15) is 0 Å². The Balaban J connectivity index is 2.17. The van der Waals surface area contributed by atoms with Gasteiger partial charge >= 0.3 is 0 Å². The first kappa shape index (κ1) is 37.8. The van der Waals surface area contributed by atoms with Gasteiger partial charge in [-0.1, -0.05) is 124 Å². The maximum absolute atomic E-state index is 6.29. The third-order valence-electron chi connectivity index (χ3n) is 8.79. The van der Waals surface area contributed by atoms with E-state index in [0.29, 0.717) is 0 Å². The van der Waals surface area contributed by atoms with Gasteiger partial charge in [0, 0.05) is 5.57 Å². The van der Waals surface area contributed by atoms with E-state index in [-0.39, 0.29) is 0 Å². The van der Waals surface area contributed by atoms with Crippen molar-refractivity contribution in [2.45, 2.75) is 157 Å². The van der Waals surface area contributed by atoms with E-state index in [2.05, 4.69) is 71.0 Å². The monoisotopic (exact) mass is 607 g/mol. The van der Waals surface area contributed by atoms with Crippen LogP contribution in [0.3, 0.4) is 0 Å². The van der Waals surface area contributed by atoms with E-state index in [1.54, 1.807) is 7.11 Å². The highest BCUT2D eigenvalue weighted by molar-refractivity contribution is 5.84. The largest absolute Gasteiger partial charge is 0.493 e. The van der Waals surface area contributed by atoms with Gasteiger partial charge in [-0.25, -0.2) is 0 Å². The van der Waals surface area contributed by atoms with Crippen LogP contribution in [0.2, 0.25) is 0 Å². The van der Waals surface area contributed by atoms with Crippen molar-refractivity contribution in [1.82, 2.24) is 0 Å². The number of aryl methyl sites for hydroxylation is 2. The Morgan fingerprint density at radius 1 is 0.773 bits per heavy atom. The molecule has 248 valence electrons. The number of ether oxygens (including phenoxy) is 2. The number of hydrogen-bond acceptors (Lipinski definition) is 3. The Hall–Kier alpha value is -2.42. The summed E-state index contributed by atoms with van der Waals surface area (Å²) >= 11 is 0. The normalized spacial score (nSPS) is 13.0. The Morgan fingerprint density at radius 3 is 2.11 bits per heavy atom. The van der Waals surface area contributed by atoms with Crippen molar-refractivity contribution in [3.63, 3.8) is 0 Å². The number of unbranched alkanes of at least 4 members (excludes halogenated alkanes) is 11. The molecule has 0 N–H and O–H groups in total. The van der Waals surface area contributed by atoms with Crippen LogP contribution in [0.15, 0.2) is 40.8 Å². The molecule has 1 heterocycles. The predicted octanol–water partition coefficient (Wildman–Crippen LogP) is 13.5. The molecule has 0 aliphatic rings. The van der Waals surface area contributed by atoms with Crippen molar-refractivity contribution in [2.75, 3.05) is 13.7 Å². The molecule has 2 aromatic rings. The number of allylic oxidation sites excluding steroid dienone is 4. The molecule has 0 aliphatic carbocycles. The standard InChI is InChI=1S/C41H66O3/c1-8-11-13-14-15-16-17-18-22-29-43-41-30-34(5)38(32-40(41)42-7)36(26-21-19-20-24-33(4)23-10-3)31-37(25-12-9-2)39-28-27-35(6)44-39/h25,27-28,30-33H,8-24,26,29H2,1-7H3/b36-31-,37-25-. The summed E-state index contributed by atoms with van der Waals surface area (Å²) in [7, 11) is 1.76. The van der Waals surface area contributed by atoms with E-state index in [9.17, 15) is 0 Å². The highest BCUT2D eigenvalue weighted by Gasteiger charge is 2.15. The Kier molecular flexibility index (Phi) is 19.7. The quantitative estimate of drug-likeness (QED) is 0.0832. The van der Waals surface area contributed by atoms with Crippen LogP contribution in [0.1, 0.15) is 166 Å². The van der Waals surface area contributed by atoms with Crippen LogP contribution in [0.4, 0.5) is 0 Å². The minimum Gasteiger partial charge on any atom is -0.493 e. The van der Waals surface area contributed by atoms with Crippen molar-refractivity contribution in [3.8, 4) is 11.5 Å². The molecule has 0 radical (unpaired) electrons. The molecule has 0 spiro atoms. The lowest BCUT2D eigenvalue weighted by atomic mass is 9.92. The lowest BCUT2D eigenvalue weighted by Gasteiger charge is -2.18. The SMILES string of the molecule is CCC/C=C(/C=C(/CCCCCC(C)CCC)c1cc(OC)c(OCCCCCCCCCCC)cc1C)c1ccc(C)o1. The summed E-state index contributed by atoms with van der Waals surface area (Å²) in [6.45, 7) is 14.2. The fourth-order valence-electron chi connectivity index (χ4n) is 6.09. The molecule has 1 unspecified atom stereocenters. The maximum atomic E-state index is 6.29. The van der Waals surface area contributed by atoms with Crippen LogP contribution in [-0.4, -0.2) is 13.7 Å². The van der Waals surface area contributed by atoms with Crippen LogP contribution < -0.4 is 9.47 Å². The number of hydrogen-bond donors (Lipinski definition) is 0. The Labute approximate surface area is 271 Å². The first-order valence-electron chi connectivity index (χ1n) is 18.2. The van der Waals surface area contributed by atoms with E-state index in [1.807, 2.05) is 6.92 Å². The molecule has 0 aliphatic heterocycles. The van der Waals surface area contributed by atoms with Gasteiger partial charge < -0.3 is 13.9 Å². The Bertz CT molecular complexity index is 1090. The van der Waals surface area contributed by atoms with E-state index in [0.717, 1.165) is 61.2 Å². The van der Waals surface area contributed by atoms with E-state index < -0.39 is 0 Å². The molecule has 2 rings (SSSR count). The summed E-state index contributed by atoms with van der Waals surface area (Å²) in [5, 5.41) is 0. The molecule has 3 heteroatoms. The zero-order chi connectivity index (χ0) is 32.0. The topological polar surface area (TPSA) is 31.6 Å². The van der Waals surface area contributed by atoms with Gasteiger partial charge in [-0.3, -0.25) is 0 Å². The van der Waals surface area contributed by atoms with Crippen molar-refractivity contribution in [2.24, 2.45) is 5.92 Å². The third kappa shape index (κ3) is 14.6. The van der Waals surface area contributed by atoms with Crippen molar-refractivity contribution < 1.29 is 13.9 Å². The van der Waals surface area contributed by atoms with E-state index >= 15 is 0 Å². The third-order valence-corrected chi connectivity index (χ3v) is 8.79. The van der Waals surface area contributed by atoms with Crippen LogP contribution in [0.5, 0.6) is 11.5 Å². The lowest BCUT2D eigenvalue weighted by molar-refractivity contribution is 0.284. The molecule has 1 aromatic heterocycles. The minimum atomic E-state index is 0.742. The molecule has 0 bridgehead atoms. The van der Waals surface area contributed by atoms with Crippen molar-refractivity contribution in [1.29, 1.82) is 0 Å². The van der Waals surface area contributed by atoms with E-state index in [1.165, 1.54) is 112 Å². The number of benzene rings is 1. The zero-order valence-electron chi connectivity index (χ0n) is 29.7. The molecule has 1 aromatic carbocycles. The molecule has 0 saturated carbocycles. The molecule has 1 atom stereocenters. The summed E-state index contributed by atoms with van der Waals surface area (Å²) in [6.07, 6.45) is 27.4. The second kappa shape index (κ2) is 23.0. The van der Waals surface area contributed by atoms with Crippen LogP contribution in [0, 0.1) is 19.8 Å².